The van der Waals surface area contributed by atoms with Gasteiger partial charge in [-0.15, -0.1) is 0 Å². The van der Waals surface area contributed by atoms with Gasteiger partial charge < -0.3 is 20.3 Å². The van der Waals surface area contributed by atoms with Crippen molar-refractivity contribution < 1.29 is 13.5 Å². The predicted octanol–water partition coefficient (Wildman–Crippen LogP) is 3.84. The first-order valence-electron chi connectivity index (χ1n) is 11.9. The summed E-state index contributed by atoms with van der Waals surface area (Å²) in [5.74, 6) is 1.25. The summed E-state index contributed by atoms with van der Waals surface area (Å²) in [7, 11) is 2.00. The Morgan fingerprint density at radius 3 is 2.38 bits per heavy atom. The van der Waals surface area contributed by atoms with Crippen LogP contribution in [0.4, 0.5) is 20.5 Å². The molecule has 1 aromatic carbocycles. The minimum atomic E-state index is -2.73. The van der Waals surface area contributed by atoms with Crippen molar-refractivity contribution >= 4 is 22.8 Å². The van der Waals surface area contributed by atoms with Gasteiger partial charge in [-0.05, 0) is 57.4 Å². The molecule has 2 aromatic heterocycles. The van der Waals surface area contributed by atoms with E-state index in [-0.39, 0.29) is 11.9 Å². The van der Waals surface area contributed by atoms with E-state index in [4.69, 9.17) is 14.7 Å². The van der Waals surface area contributed by atoms with Crippen LogP contribution in [-0.4, -0.2) is 65.0 Å². The second-order valence-electron chi connectivity index (χ2n) is 9.09. The number of hydrogen-bond donors (Lipinski definition) is 2. The van der Waals surface area contributed by atoms with Crippen LogP contribution < -0.4 is 15.5 Å². The van der Waals surface area contributed by atoms with Gasteiger partial charge in [0.05, 0.1) is 24.2 Å². The Balaban J connectivity index is 1.57. The summed E-state index contributed by atoms with van der Waals surface area (Å²) in [5.41, 5.74) is 2.10. The van der Waals surface area contributed by atoms with E-state index >= 15 is 0 Å². The van der Waals surface area contributed by atoms with Gasteiger partial charge in [-0.1, -0.05) is 6.07 Å². The third-order valence-electron chi connectivity index (χ3n) is 6.76. The molecule has 2 aliphatic rings. The van der Waals surface area contributed by atoms with E-state index in [1.54, 1.807) is 12.1 Å². The van der Waals surface area contributed by atoms with Crippen molar-refractivity contribution in [2.24, 2.45) is 0 Å². The van der Waals surface area contributed by atoms with Gasteiger partial charge in [0.25, 0.3) is 6.43 Å². The number of alkyl halides is 2. The van der Waals surface area contributed by atoms with Gasteiger partial charge in [0.15, 0.2) is 5.82 Å². The Kier molecular flexibility index (Phi) is 6.60. The van der Waals surface area contributed by atoms with Crippen molar-refractivity contribution in [1.82, 2.24) is 24.8 Å². The van der Waals surface area contributed by atoms with Gasteiger partial charge in [0, 0.05) is 31.2 Å². The van der Waals surface area contributed by atoms with Gasteiger partial charge in [0.1, 0.15) is 11.6 Å². The molecule has 0 atom stereocenters. The van der Waals surface area contributed by atoms with Crippen LogP contribution in [-0.2, 0) is 4.74 Å². The number of morpholine rings is 1. The molecule has 3 aromatic rings. The van der Waals surface area contributed by atoms with Crippen molar-refractivity contribution in [3.8, 4) is 5.82 Å². The monoisotopic (exact) mass is 471 g/mol. The normalized spacial score (nSPS) is 21.4. The minimum absolute atomic E-state index is 0.244. The smallest absolute Gasteiger partial charge is 0.296 e. The number of ether oxygens (including phenoxy) is 1. The maximum atomic E-state index is 14.1. The number of benzene rings is 1. The molecule has 0 spiro atoms. The van der Waals surface area contributed by atoms with Crippen LogP contribution in [0.25, 0.3) is 16.9 Å². The van der Waals surface area contributed by atoms with Crippen LogP contribution >= 0.6 is 0 Å². The second-order valence-corrected chi connectivity index (χ2v) is 9.09. The molecule has 1 saturated heterocycles. The van der Waals surface area contributed by atoms with Crippen LogP contribution in [0, 0.1) is 6.92 Å². The zero-order valence-corrected chi connectivity index (χ0v) is 19.6. The largest absolute Gasteiger partial charge is 0.378 e. The van der Waals surface area contributed by atoms with E-state index in [1.807, 2.05) is 26.1 Å². The van der Waals surface area contributed by atoms with Crippen LogP contribution in [0.1, 0.15) is 43.5 Å². The number of rotatable bonds is 6. The van der Waals surface area contributed by atoms with Crippen molar-refractivity contribution in [3.63, 3.8) is 0 Å². The first-order chi connectivity index (χ1) is 16.5. The minimum Gasteiger partial charge on any atom is -0.378 e. The van der Waals surface area contributed by atoms with E-state index in [0.29, 0.717) is 61.0 Å². The molecule has 5 rings (SSSR count). The number of nitrogens with zero attached hydrogens (tertiary/aromatic N) is 5. The van der Waals surface area contributed by atoms with E-state index in [2.05, 4.69) is 20.5 Å². The van der Waals surface area contributed by atoms with Gasteiger partial charge in [-0.3, -0.25) is 4.57 Å². The average Bonchev–Trinajstić information content (AvgIpc) is 3.24. The van der Waals surface area contributed by atoms with Crippen molar-refractivity contribution in [1.29, 1.82) is 0 Å². The molecule has 8 nitrogen and oxygen atoms in total. The molecule has 10 heteroatoms. The third kappa shape index (κ3) is 4.69. The molecular weight excluding hydrogens is 440 g/mol. The maximum absolute atomic E-state index is 14.1. The fraction of sp³-hybridized carbons (Fsp3) is 0.542. The number of aryl methyl sites for hydroxylation is 1. The molecule has 0 bridgehead atoms. The molecule has 0 unspecified atom stereocenters. The molecule has 0 radical (unpaired) electrons. The highest BCUT2D eigenvalue weighted by atomic mass is 19.3. The lowest BCUT2D eigenvalue weighted by molar-refractivity contribution is 0.122. The highest BCUT2D eigenvalue weighted by molar-refractivity contribution is 5.79. The molecule has 2 fully saturated rings. The highest BCUT2D eigenvalue weighted by Gasteiger charge is 2.25. The van der Waals surface area contributed by atoms with Gasteiger partial charge >= 0.3 is 0 Å². The lowest BCUT2D eigenvalue weighted by atomic mass is 9.91. The van der Waals surface area contributed by atoms with E-state index in [0.717, 1.165) is 31.2 Å². The van der Waals surface area contributed by atoms with Crippen molar-refractivity contribution in [3.05, 3.63) is 35.7 Å². The Morgan fingerprint density at radius 2 is 1.68 bits per heavy atom. The molecule has 0 amide bonds. The number of hydrogen-bond acceptors (Lipinski definition) is 7. The fourth-order valence-corrected chi connectivity index (χ4v) is 4.86. The molecule has 2 N–H and O–H groups in total. The zero-order chi connectivity index (χ0) is 23.7. The lowest BCUT2D eigenvalue weighted by Crippen LogP contribution is -2.37. The molecular formula is C24H31F2N7O. The summed E-state index contributed by atoms with van der Waals surface area (Å²) in [6.45, 7) is 4.52. The van der Waals surface area contributed by atoms with Crippen LogP contribution in [0.2, 0.25) is 0 Å². The first-order valence-corrected chi connectivity index (χ1v) is 11.9. The quantitative estimate of drug-likeness (QED) is 0.565. The molecule has 1 aliphatic heterocycles. The lowest BCUT2D eigenvalue weighted by Gasteiger charge is -2.30. The molecule has 3 heterocycles. The molecule has 1 aliphatic carbocycles. The number of anilines is 2. The summed E-state index contributed by atoms with van der Waals surface area (Å²) < 4.78 is 35.1. The van der Waals surface area contributed by atoms with E-state index in [9.17, 15) is 8.78 Å². The Labute approximate surface area is 197 Å². The van der Waals surface area contributed by atoms with Gasteiger partial charge in [-0.2, -0.15) is 9.97 Å². The molecule has 34 heavy (non-hydrogen) atoms. The predicted molar refractivity (Wildman–Crippen MR) is 128 cm³/mol. The summed E-state index contributed by atoms with van der Waals surface area (Å²) in [6, 6.07) is 8.08. The summed E-state index contributed by atoms with van der Waals surface area (Å²) >= 11 is 0. The van der Waals surface area contributed by atoms with Gasteiger partial charge in [-0.25, -0.2) is 13.8 Å². The van der Waals surface area contributed by atoms with Crippen LogP contribution in [0.15, 0.2) is 24.3 Å². The number of fused-ring (bicyclic) bond motifs is 1. The van der Waals surface area contributed by atoms with Crippen LogP contribution in [0.5, 0.6) is 0 Å². The first kappa shape index (κ1) is 22.9. The van der Waals surface area contributed by atoms with Crippen LogP contribution in [0.3, 0.4) is 0 Å². The van der Waals surface area contributed by atoms with Crippen molar-refractivity contribution in [2.45, 2.75) is 51.1 Å². The highest BCUT2D eigenvalue weighted by Crippen LogP contribution is 2.30. The van der Waals surface area contributed by atoms with E-state index in [1.165, 1.54) is 4.57 Å². The SMILES string of the molecule is CNC1CCC(Nc2nc(N3CCOCC3)cc(-n3c(C(F)F)nc4ccc(C)cc43)n2)CC1. The van der Waals surface area contributed by atoms with Gasteiger partial charge in [0.2, 0.25) is 5.95 Å². The number of nitrogens with one attached hydrogen (secondary N) is 2. The molecule has 182 valence electrons. The number of imidazole rings is 1. The number of halogens is 2. The van der Waals surface area contributed by atoms with E-state index < -0.39 is 6.43 Å². The average molecular weight is 472 g/mol. The Hall–Kier alpha value is -2.85. The third-order valence-corrected chi connectivity index (χ3v) is 6.76. The standard InChI is InChI=1S/C24H31F2N7O/c1-15-3-8-18-19(13-15)33(23(29-18)22(25)26)21-14-20(32-9-11-34-12-10-32)30-24(31-21)28-17-6-4-16(27-2)5-7-17/h3,8,13-14,16-17,22,27H,4-7,9-12H2,1-2H3,(H,28,30,31). The topological polar surface area (TPSA) is 80.1 Å². The summed E-state index contributed by atoms with van der Waals surface area (Å²) in [6.07, 6.45) is 1.42. The maximum Gasteiger partial charge on any atom is 0.296 e. The summed E-state index contributed by atoms with van der Waals surface area (Å²) in [4.78, 5) is 15.8. The second kappa shape index (κ2) is 9.79. The number of aromatic nitrogens is 4. The Bertz CT molecular complexity index is 1140. The Morgan fingerprint density at radius 1 is 0.971 bits per heavy atom. The summed E-state index contributed by atoms with van der Waals surface area (Å²) in [5, 5.41) is 6.83. The zero-order valence-electron chi connectivity index (χ0n) is 19.6. The van der Waals surface area contributed by atoms with Crippen molar-refractivity contribution in [2.75, 3.05) is 43.6 Å². The fourth-order valence-electron chi connectivity index (χ4n) is 4.86. The molecule has 1 saturated carbocycles.